The number of rotatable bonds is 9. The van der Waals surface area contributed by atoms with Crippen LogP contribution in [0.5, 0.6) is 11.5 Å². The standard InChI is InChI=1S/C20H29NO5/c1-3-24-16-8-10-17(11-9-16)25-13-12-20(23)26-14-19(22)21-18-7-5-4-6-15(18)2/h8-11,15,18H,3-7,12-14H2,1-2H3,(H,21,22)/t15-,18-/m1/s1. The van der Waals surface area contributed by atoms with E-state index in [0.29, 0.717) is 18.3 Å². The Kier molecular flexibility index (Phi) is 8.25. The molecule has 0 spiro atoms. The van der Waals surface area contributed by atoms with Crippen LogP contribution in [0.15, 0.2) is 24.3 Å². The van der Waals surface area contributed by atoms with Crippen molar-refractivity contribution >= 4 is 11.9 Å². The molecule has 1 amide bonds. The van der Waals surface area contributed by atoms with Gasteiger partial charge in [0.1, 0.15) is 11.5 Å². The van der Waals surface area contributed by atoms with E-state index < -0.39 is 5.97 Å². The van der Waals surface area contributed by atoms with Gasteiger partial charge in [-0.2, -0.15) is 0 Å². The van der Waals surface area contributed by atoms with Gasteiger partial charge in [-0.25, -0.2) is 0 Å². The number of nitrogens with one attached hydrogen (secondary N) is 1. The van der Waals surface area contributed by atoms with E-state index in [1.807, 2.05) is 19.1 Å². The van der Waals surface area contributed by atoms with Gasteiger partial charge in [0.05, 0.1) is 19.6 Å². The summed E-state index contributed by atoms with van der Waals surface area (Å²) < 4.78 is 15.9. The van der Waals surface area contributed by atoms with Crippen LogP contribution in [-0.4, -0.2) is 37.7 Å². The van der Waals surface area contributed by atoms with Gasteiger partial charge in [-0.15, -0.1) is 0 Å². The summed E-state index contributed by atoms with van der Waals surface area (Å²) in [6.45, 7) is 4.65. The van der Waals surface area contributed by atoms with E-state index in [1.54, 1.807) is 12.1 Å². The molecule has 1 aromatic rings. The highest BCUT2D eigenvalue weighted by atomic mass is 16.5. The first-order valence-corrected chi connectivity index (χ1v) is 9.39. The highest BCUT2D eigenvalue weighted by molar-refractivity contribution is 5.80. The molecule has 6 heteroatoms. The van der Waals surface area contributed by atoms with Crippen LogP contribution in [0.25, 0.3) is 0 Å². The summed E-state index contributed by atoms with van der Waals surface area (Å²) in [6, 6.07) is 7.39. The monoisotopic (exact) mass is 363 g/mol. The Morgan fingerprint density at radius 2 is 1.73 bits per heavy atom. The smallest absolute Gasteiger partial charge is 0.309 e. The van der Waals surface area contributed by atoms with Crippen molar-refractivity contribution in [3.8, 4) is 11.5 Å². The molecule has 2 atom stereocenters. The first kappa shape index (κ1) is 20.1. The van der Waals surface area contributed by atoms with Gasteiger partial charge in [-0.3, -0.25) is 9.59 Å². The second-order valence-corrected chi connectivity index (χ2v) is 6.60. The molecule has 26 heavy (non-hydrogen) atoms. The Bertz CT molecular complexity index is 572. The van der Waals surface area contributed by atoms with E-state index in [0.717, 1.165) is 25.0 Å². The van der Waals surface area contributed by atoms with Gasteiger partial charge in [-0.1, -0.05) is 19.8 Å². The number of amides is 1. The summed E-state index contributed by atoms with van der Waals surface area (Å²) in [4.78, 5) is 23.6. The van der Waals surface area contributed by atoms with Gasteiger partial charge in [0.15, 0.2) is 6.61 Å². The minimum Gasteiger partial charge on any atom is -0.494 e. The van der Waals surface area contributed by atoms with Gasteiger partial charge in [0.25, 0.3) is 5.91 Å². The number of hydrogen-bond acceptors (Lipinski definition) is 5. The third kappa shape index (κ3) is 6.94. The van der Waals surface area contributed by atoms with Crippen molar-refractivity contribution in [2.75, 3.05) is 19.8 Å². The topological polar surface area (TPSA) is 73.9 Å². The molecule has 0 bridgehead atoms. The summed E-state index contributed by atoms with van der Waals surface area (Å²) in [5.41, 5.74) is 0. The Hall–Kier alpha value is -2.24. The van der Waals surface area contributed by atoms with Crippen molar-refractivity contribution in [1.29, 1.82) is 0 Å². The molecule has 1 aliphatic rings. The molecule has 1 aliphatic carbocycles. The van der Waals surface area contributed by atoms with Crippen molar-refractivity contribution in [3.05, 3.63) is 24.3 Å². The van der Waals surface area contributed by atoms with Gasteiger partial charge in [0, 0.05) is 6.04 Å². The molecule has 0 aromatic heterocycles. The zero-order valence-corrected chi connectivity index (χ0v) is 15.7. The highest BCUT2D eigenvalue weighted by Crippen LogP contribution is 2.23. The third-order valence-electron chi connectivity index (χ3n) is 4.53. The average molecular weight is 363 g/mol. The van der Waals surface area contributed by atoms with Crippen LogP contribution in [0, 0.1) is 5.92 Å². The molecule has 0 saturated heterocycles. The molecule has 6 nitrogen and oxygen atoms in total. The summed E-state index contributed by atoms with van der Waals surface area (Å²) in [6.07, 6.45) is 4.58. The van der Waals surface area contributed by atoms with Crippen molar-refractivity contribution in [1.82, 2.24) is 5.32 Å². The predicted octanol–water partition coefficient (Wildman–Crippen LogP) is 3.09. The minimum atomic E-state index is -0.442. The zero-order chi connectivity index (χ0) is 18.8. The fourth-order valence-corrected chi connectivity index (χ4v) is 3.05. The second-order valence-electron chi connectivity index (χ2n) is 6.60. The maximum Gasteiger partial charge on any atom is 0.309 e. The molecule has 1 N–H and O–H groups in total. The van der Waals surface area contributed by atoms with Crippen molar-refractivity contribution in [2.24, 2.45) is 5.92 Å². The summed E-state index contributed by atoms with van der Waals surface area (Å²) in [7, 11) is 0. The first-order chi connectivity index (χ1) is 12.6. The quantitative estimate of drug-likeness (QED) is 0.683. The van der Waals surface area contributed by atoms with Crippen molar-refractivity contribution < 1.29 is 23.8 Å². The van der Waals surface area contributed by atoms with Crippen LogP contribution < -0.4 is 14.8 Å². The summed E-state index contributed by atoms with van der Waals surface area (Å²) in [5.74, 6) is 1.24. The maximum absolute atomic E-state index is 11.9. The van der Waals surface area contributed by atoms with Crippen molar-refractivity contribution in [3.63, 3.8) is 0 Å². The van der Waals surface area contributed by atoms with Gasteiger partial charge < -0.3 is 19.5 Å². The van der Waals surface area contributed by atoms with Crippen LogP contribution in [0.3, 0.4) is 0 Å². The van der Waals surface area contributed by atoms with Crippen LogP contribution in [-0.2, 0) is 14.3 Å². The molecule has 0 heterocycles. The van der Waals surface area contributed by atoms with Crippen molar-refractivity contribution in [2.45, 2.75) is 52.0 Å². The molecule has 0 aliphatic heterocycles. The lowest BCUT2D eigenvalue weighted by molar-refractivity contribution is -0.149. The second kappa shape index (κ2) is 10.7. The number of hydrogen-bond donors (Lipinski definition) is 1. The first-order valence-electron chi connectivity index (χ1n) is 9.39. The summed E-state index contributed by atoms with van der Waals surface area (Å²) in [5, 5.41) is 2.96. The number of benzene rings is 1. The molecule has 2 rings (SSSR count). The molecule has 1 saturated carbocycles. The van der Waals surface area contributed by atoms with E-state index in [-0.39, 0.29) is 31.6 Å². The highest BCUT2D eigenvalue weighted by Gasteiger charge is 2.23. The zero-order valence-electron chi connectivity index (χ0n) is 15.7. The Balaban J connectivity index is 1.60. The van der Waals surface area contributed by atoms with Gasteiger partial charge in [-0.05, 0) is 49.9 Å². The van der Waals surface area contributed by atoms with Crippen LogP contribution in [0.1, 0.15) is 46.0 Å². The maximum atomic E-state index is 11.9. The van der Waals surface area contributed by atoms with Gasteiger partial charge >= 0.3 is 5.97 Å². The molecule has 0 unspecified atom stereocenters. The Morgan fingerprint density at radius 3 is 2.38 bits per heavy atom. The number of ether oxygens (including phenoxy) is 3. The van der Waals surface area contributed by atoms with E-state index >= 15 is 0 Å². The summed E-state index contributed by atoms with van der Waals surface area (Å²) >= 11 is 0. The van der Waals surface area contributed by atoms with E-state index in [2.05, 4.69) is 12.2 Å². The predicted molar refractivity (Wildman–Crippen MR) is 98.2 cm³/mol. The van der Waals surface area contributed by atoms with Crippen LogP contribution >= 0.6 is 0 Å². The normalized spacial score (nSPS) is 19.5. The van der Waals surface area contributed by atoms with Crippen LogP contribution in [0.2, 0.25) is 0 Å². The largest absolute Gasteiger partial charge is 0.494 e. The fourth-order valence-electron chi connectivity index (χ4n) is 3.05. The van der Waals surface area contributed by atoms with Crippen LogP contribution in [0.4, 0.5) is 0 Å². The molecular formula is C20H29NO5. The molecule has 0 radical (unpaired) electrons. The fraction of sp³-hybridized carbons (Fsp3) is 0.600. The van der Waals surface area contributed by atoms with E-state index in [9.17, 15) is 9.59 Å². The average Bonchev–Trinajstić information content (AvgIpc) is 2.64. The lowest BCUT2D eigenvalue weighted by Gasteiger charge is -2.29. The SMILES string of the molecule is CCOc1ccc(OCCC(=O)OCC(=O)N[C@@H]2CCCC[C@H]2C)cc1. The van der Waals surface area contributed by atoms with E-state index in [4.69, 9.17) is 14.2 Å². The molecular weight excluding hydrogens is 334 g/mol. The lowest BCUT2D eigenvalue weighted by atomic mass is 9.86. The number of carbonyl (C=O) groups is 2. The number of esters is 1. The molecule has 1 aromatic carbocycles. The molecule has 144 valence electrons. The van der Waals surface area contributed by atoms with E-state index in [1.165, 1.54) is 6.42 Å². The third-order valence-corrected chi connectivity index (χ3v) is 4.53. The Morgan fingerprint density at radius 1 is 1.08 bits per heavy atom. The lowest BCUT2D eigenvalue weighted by Crippen LogP contribution is -2.42. The Labute approximate surface area is 155 Å². The molecule has 1 fully saturated rings. The number of carbonyl (C=O) groups excluding carboxylic acids is 2. The van der Waals surface area contributed by atoms with Gasteiger partial charge in [0.2, 0.25) is 0 Å². The minimum absolute atomic E-state index is 0.0975.